The zero-order chi connectivity index (χ0) is 19.4. The summed E-state index contributed by atoms with van der Waals surface area (Å²) in [5.41, 5.74) is 0.448. The summed E-state index contributed by atoms with van der Waals surface area (Å²) >= 11 is 5.81. The molecule has 1 unspecified atom stereocenters. The molecule has 8 heteroatoms. The number of halogens is 1. The normalized spacial score (nSPS) is 12.3. The van der Waals surface area contributed by atoms with Gasteiger partial charge in [0.25, 0.3) is 5.56 Å². The maximum atomic E-state index is 12.5. The van der Waals surface area contributed by atoms with Crippen LogP contribution in [0.3, 0.4) is 0 Å². The molecule has 2 N–H and O–H groups in total. The van der Waals surface area contributed by atoms with Gasteiger partial charge in [0.1, 0.15) is 11.6 Å². The second kappa shape index (κ2) is 8.28. The molecular formula is C19H20ClN5O2. The molecule has 0 saturated carbocycles. The third-order valence-electron chi connectivity index (χ3n) is 4.33. The van der Waals surface area contributed by atoms with Crippen molar-refractivity contribution >= 4 is 34.2 Å². The number of rotatable bonds is 6. The van der Waals surface area contributed by atoms with Gasteiger partial charge < -0.3 is 10.3 Å². The lowest BCUT2D eigenvalue weighted by molar-refractivity contribution is -0.120. The highest BCUT2D eigenvalue weighted by molar-refractivity contribution is 6.30. The Labute approximate surface area is 161 Å². The van der Waals surface area contributed by atoms with Gasteiger partial charge in [0.2, 0.25) is 5.91 Å². The van der Waals surface area contributed by atoms with E-state index < -0.39 is 6.04 Å². The first-order valence-corrected chi connectivity index (χ1v) is 9.00. The number of aromatic amines is 1. The van der Waals surface area contributed by atoms with Crippen molar-refractivity contribution in [3.63, 3.8) is 0 Å². The van der Waals surface area contributed by atoms with Crippen LogP contribution in [0.5, 0.6) is 0 Å². The number of fused-ring (bicyclic) bond motifs is 1. The van der Waals surface area contributed by atoms with Crippen molar-refractivity contribution in [1.82, 2.24) is 19.9 Å². The summed E-state index contributed by atoms with van der Waals surface area (Å²) in [6.07, 6.45) is 1.48. The fourth-order valence-corrected chi connectivity index (χ4v) is 2.88. The Morgan fingerprint density at radius 2 is 2.07 bits per heavy atom. The van der Waals surface area contributed by atoms with Crippen LogP contribution >= 0.6 is 11.6 Å². The number of H-pyrrole nitrogens is 1. The van der Waals surface area contributed by atoms with Crippen molar-refractivity contribution in [2.45, 2.75) is 26.4 Å². The molecule has 3 rings (SSSR count). The molecule has 27 heavy (non-hydrogen) atoms. The quantitative estimate of drug-likeness (QED) is 0.680. The van der Waals surface area contributed by atoms with Gasteiger partial charge in [-0.25, -0.2) is 9.97 Å². The van der Waals surface area contributed by atoms with E-state index in [1.165, 1.54) is 6.20 Å². The maximum absolute atomic E-state index is 12.5. The summed E-state index contributed by atoms with van der Waals surface area (Å²) in [6.45, 7) is 4.70. The van der Waals surface area contributed by atoms with Crippen LogP contribution < -0.4 is 10.9 Å². The second-order valence-corrected chi connectivity index (χ2v) is 6.56. The lowest BCUT2D eigenvalue weighted by Gasteiger charge is -2.26. The fourth-order valence-electron chi connectivity index (χ4n) is 2.77. The van der Waals surface area contributed by atoms with Gasteiger partial charge in [-0.1, -0.05) is 30.7 Å². The molecule has 0 saturated heterocycles. The monoisotopic (exact) mass is 385 g/mol. The number of hydrogen-bond donors (Lipinski definition) is 2. The minimum Gasteiger partial charge on any atom is -0.309 e. The van der Waals surface area contributed by atoms with E-state index >= 15 is 0 Å². The lowest BCUT2D eigenvalue weighted by atomic mass is 10.2. The lowest BCUT2D eigenvalue weighted by Crippen LogP contribution is -2.42. The summed E-state index contributed by atoms with van der Waals surface area (Å²) in [6, 6.07) is 10.0. The van der Waals surface area contributed by atoms with Gasteiger partial charge in [-0.3, -0.25) is 14.5 Å². The summed E-state index contributed by atoms with van der Waals surface area (Å²) in [5, 5.41) is 3.82. The van der Waals surface area contributed by atoms with Crippen LogP contribution in [-0.4, -0.2) is 38.3 Å². The Bertz CT molecular complexity index is 1000. The number of likely N-dealkylation sites (N-methyl/N-ethyl adjacent to an activating group) is 1. The molecule has 0 aliphatic rings. The zero-order valence-corrected chi connectivity index (χ0v) is 15.8. The number of nitrogens with zero attached hydrogens (tertiary/aromatic N) is 3. The average molecular weight is 386 g/mol. The Kier molecular flexibility index (Phi) is 5.83. The Morgan fingerprint density at radius 3 is 2.78 bits per heavy atom. The van der Waals surface area contributed by atoms with E-state index in [1.54, 1.807) is 37.3 Å². The van der Waals surface area contributed by atoms with E-state index in [2.05, 4.69) is 20.3 Å². The Morgan fingerprint density at radius 1 is 1.30 bits per heavy atom. The molecule has 1 amide bonds. The van der Waals surface area contributed by atoms with Crippen LogP contribution in [0.25, 0.3) is 10.9 Å². The first-order chi connectivity index (χ1) is 13.0. The molecule has 0 radical (unpaired) electrons. The van der Waals surface area contributed by atoms with Gasteiger partial charge in [-0.2, -0.15) is 0 Å². The standard InChI is InChI=1S/C19H20ClN5O2/c1-3-25(12(2)18(26)23-16-9-8-13(20)10-21-16)11-17-22-15-7-5-4-6-14(15)19(27)24-17/h4-10,12H,3,11H2,1-2H3,(H,21,23,26)(H,22,24,27). The van der Waals surface area contributed by atoms with E-state index in [4.69, 9.17) is 11.6 Å². The molecule has 1 atom stereocenters. The number of hydrogen-bond acceptors (Lipinski definition) is 5. The largest absolute Gasteiger partial charge is 0.309 e. The zero-order valence-electron chi connectivity index (χ0n) is 15.1. The second-order valence-electron chi connectivity index (χ2n) is 6.12. The highest BCUT2D eigenvalue weighted by Crippen LogP contribution is 2.12. The SMILES string of the molecule is CCN(Cc1nc2ccccc2c(=O)[nH]1)C(C)C(=O)Nc1ccc(Cl)cn1. The van der Waals surface area contributed by atoms with E-state index in [1.807, 2.05) is 17.9 Å². The number of anilines is 1. The molecule has 2 heterocycles. The van der Waals surface area contributed by atoms with Crippen molar-refractivity contribution in [2.75, 3.05) is 11.9 Å². The predicted molar refractivity (Wildman–Crippen MR) is 106 cm³/mol. The molecule has 2 aromatic heterocycles. The molecule has 0 bridgehead atoms. The number of para-hydroxylation sites is 1. The number of benzene rings is 1. The van der Waals surface area contributed by atoms with Gasteiger partial charge in [0, 0.05) is 6.20 Å². The summed E-state index contributed by atoms with van der Waals surface area (Å²) in [4.78, 5) is 38.1. The van der Waals surface area contributed by atoms with E-state index in [-0.39, 0.29) is 11.5 Å². The van der Waals surface area contributed by atoms with E-state index in [9.17, 15) is 9.59 Å². The summed E-state index contributed by atoms with van der Waals surface area (Å²) < 4.78 is 0. The van der Waals surface area contributed by atoms with Gasteiger partial charge in [-0.05, 0) is 37.7 Å². The number of nitrogens with one attached hydrogen (secondary N) is 2. The number of amides is 1. The van der Waals surface area contributed by atoms with Gasteiger partial charge in [-0.15, -0.1) is 0 Å². The van der Waals surface area contributed by atoms with Crippen LogP contribution in [-0.2, 0) is 11.3 Å². The number of carbonyl (C=O) groups is 1. The first kappa shape index (κ1) is 19.0. The molecular weight excluding hydrogens is 366 g/mol. The van der Waals surface area contributed by atoms with E-state index in [0.717, 1.165) is 0 Å². The van der Waals surface area contributed by atoms with Crippen LogP contribution in [0.15, 0.2) is 47.4 Å². The van der Waals surface area contributed by atoms with Crippen LogP contribution in [0.2, 0.25) is 5.02 Å². The van der Waals surface area contributed by atoms with Gasteiger partial charge in [0.05, 0.1) is 28.5 Å². The first-order valence-electron chi connectivity index (χ1n) is 8.62. The highest BCUT2D eigenvalue weighted by Gasteiger charge is 2.21. The highest BCUT2D eigenvalue weighted by atomic mass is 35.5. The summed E-state index contributed by atoms with van der Waals surface area (Å²) in [7, 11) is 0. The molecule has 0 spiro atoms. The summed E-state index contributed by atoms with van der Waals surface area (Å²) in [5.74, 6) is 0.754. The number of pyridine rings is 1. The Hall–Kier alpha value is -2.77. The van der Waals surface area contributed by atoms with Crippen LogP contribution in [0.1, 0.15) is 19.7 Å². The third kappa shape index (κ3) is 4.50. The predicted octanol–water partition coefficient (Wildman–Crippen LogP) is 2.82. The van der Waals surface area contributed by atoms with Crippen molar-refractivity contribution in [3.8, 4) is 0 Å². The molecule has 0 fully saturated rings. The minimum atomic E-state index is -0.441. The Balaban J connectivity index is 1.75. The smallest absolute Gasteiger partial charge is 0.258 e. The van der Waals surface area contributed by atoms with Crippen LogP contribution in [0, 0.1) is 0 Å². The van der Waals surface area contributed by atoms with Gasteiger partial charge >= 0.3 is 0 Å². The average Bonchev–Trinajstić information content (AvgIpc) is 2.67. The van der Waals surface area contributed by atoms with Gasteiger partial charge in [0.15, 0.2) is 0 Å². The third-order valence-corrected chi connectivity index (χ3v) is 4.55. The van der Waals surface area contributed by atoms with Crippen molar-refractivity contribution in [2.24, 2.45) is 0 Å². The maximum Gasteiger partial charge on any atom is 0.258 e. The topological polar surface area (TPSA) is 91.0 Å². The number of carbonyl (C=O) groups excluding carboxylic acids is 1. The molecule has 1 aromatic carbocycles. The molecule has 0 aliphatic carbocycles. The molecule has 140 valence electrons. The molecule has 7 nitrogen and oxygen atoms in total. The van der Waals surface area contributed by atoms with Crippen molar-refractivity contribution < 1.29 is 4.79 Å². The van der Waals surface area contributed by atoms with Crippen molar-refractivity contribution in [1.29, 1.82) is 0 Å². The fraction of sp³-hybridized carbons (Fsp3) is 0.263. The van der Waals surface area contributed by atoms with Crippen molar-refractivity contribution in [3.05, 3.63) is 63.8 Å². The molecule has 3 aromatic rings. The minimum absolute atomic E-state index is 0.186. The van der Waals surface area contributed by atoms with E-state index in [0.29, 0.717) is 40.7 Å². The molecule has 0 aliphatic heterocycles. The van der Waals surface area contributed by atoms with Crippen LogP contribution in [0.4, 0.5) is 5.82 Å². The number of aromatic nitrogens is 3.